The Balaban J connectivity index is 5.01. The predicted octanol–water partition coefficient (Wildman–Crippen LogP) is 2.73. The van der Waals surface area contributed by atoms with Crippen molar-refractivity contribution < 1.29 is 15.0 Å². The average molecular weight is 186 g/mol. The molecule has 2 N–H and O–H groups in total. The maximum absolute atomic E-state index is 10.8. The lowest BCUT2D eigenvalue weighted by molar-refractivity contribution is -0.134. The summed E-state index contributed by atoms with van der Waals surface area (Å²) < 4.78 is 0. The van der Waals surface area contributed by atoms with Crippen LogP contribution in [0.2, 0.25) is 0 Å². The summed E-state index contributed by atoms with van der Waals surface area (Å²) in [5.41, 5.74) is -0.249. The van der Waals surface area contributed by atoms with Crippen LogP contribution in [0, 0.1) is 5.41 Å². The Hall–Kier alpha value is -0.990. The highest BCUT2D eigenvalue weighted by Gasteiger charge is 2.33. The van der Waals surface area contributed by atoms with Gasteiger partial charge in [0.1, 0.15) is 0 Å². The smallest absolute Gasteiger partial charge is 0.335 e. The van der Waals surface area contributed by atoms with E-state index in [2.05, 4.69) is 0 Å². The summed E-state index contributed by atoms with van der Waals surface area (Å²) in [7, 11) is 0. The van der Waals surface area contributed by atoms with Crippen LogP contribution in [0.15, 0.2) is 11.8 Å². The lowest BCUT2D eigenvalue weighted by Gasteiger charge is -2.30. The molecule has 0 aromatic heterocycles. The second kappa shape index (κ2) is 4.90. The topological polar surface area (TPSA) is 57.5 Å². The minimum atomic E-state index is -1.02. The van der Waals surface area contributed by atoms with Crippen molar-refractivity contribution in [3.05, 3.63) is 11.8 Å². The highest BCUT2D eigenvalue weighted by molar-refractivity contribution is 5.87. The highest BCUT2D eigenvalue weighted by Crippen LogP contribution is 2.38. The van der Waals surface area contributed by atoms with Gasteiger partial charge in [0.2, 0.25) is 0 Å². The van der Waals surface area contributed by atoms with E-state index in [1.165, 1.54) is 0 Å². The standard InChI is InChI=1S/C10H18O3/c1-4-10(5-2,6-3)8(7-11)9(12)13/h7,11H,4-6H2,1-3H3,(H,12,13). The van der Waals surface area contributed by atoms with E-state index in [0.717, 1.165) is 25.5 Å². The molecule has 0 unspecified atom stereocenters. The quantitative estimate of drug-likeness (QED) is 0.512. The first-order chi connectivity index (χ1) is 6.07. The minimum Gasteiger partial charge on any atom is -0.515 e. The van der Waals surface area contributed by atoms with Crippen LogP contribution in [0.3, 0.4) is 0 Å². The van der Waals surface area contributed by atoms with Crippen LogP contribution in [0.5, 0.6) is 0 Å². The second-order valence-corrected chi connectivity index (χ2v) is 3.19. The third kappa shape index (κ3) is 2.23. The molecule has 0 bridgehead atoms. The number of hydrogen-bond acceptors (Lipinski definition) is 2. The van der Waals surface area contributed by atoms with Gasteiger partial charge in [-0.2, -0.15) is 0 Å². The zero-order chi connectivity index (χ0) is 10.5. The highest BCUT2D eigenvalue weighted by atomic mass is 16.4. The third-order valence-electron chi connectivity index (χ3n) is 2.96. The average Bonchev–Trinajstić information content (AvgIpc) is 2.13. The van der Waals surface area contributed by atoms with E-state index in [1.54, 1.807) is 0 Å². The Morgan fingerprint density at radius 2 is 1.62 bits per heavy atom. The van der Waals surface area contributed by atoms with Gasteiger partial charge in [-0.25, -0.2) is 4.79 Å². The molecule has 0 heterocycles. The molecule has 3 nitrogen and oxygen atoms in total. The molecule has 0 rings (SSSR count). The number of carboxylic acids is 1. The number of hydrogen-bond donors (Lipinski definition) is 2. The Morgan fingerprint density at radius 3 is 1.69 bits per heavy atom. The van der Waals surface area contributed by atoms with Crippen molar-refractivity contribution in [2.45, 2.75) is 40.0 Å². The van der Waals surface area contributed by atoms with Gasteiger partial charge >= 0.3 is 5.97 Å². The second-order valence-electron chi connectivity index (χ2n) is 3.19. The summed E-state index contributed by atoms with van der Waals surface area (Å²) in [5, 5.41) is 17.8. The van der Waals surface area contributed by atoms with E-state index in [0.29, 0.717) is 0 Å². The van der Waals surface area contributed by atoms with Gasteiger partial charge in [-0.05, 0) is 19.3 Å². The predicted molar refractivity (Wildman–Crippen MR) is 51.7 cm³/mol. The largest absolute Gasteiger partial charge is 0.515 e. The molecule has 0 saturated heterocycles. The Bertz CT molecular complexity index is 194. The molecule has 0 aromatic rings. The molecule has 0 saturated carbocycles. The first-order valence-corrected chi connectivity index (χ1v) is 4.66. The zero-order valence-corrected chi connectivity index (χ0v) is 8.50. The van der Waals surface area contributed by atoms with E-state index in [-0.39, 0.29) is 11.0 Å². The van der Waals surface area contributed by atoms with Crippen molar-refractivity contribution in [2.24, 2.45) is 5.41 Å². The van der Waals surface area contributed by atoms with Crippen LogP contribution < -0.4 is 0 Å². The van der Waals surface area contributed by atoms with E-state index in [9.17, 15) is 4.79 Å². The number of aliphatic hydroxyl groups excluding tert-OH is 1. The molecule has 0 fully saturated rings. The van der Waals surface area contributed by atoms with Crippen LogP contribution in [-0.2, 0) is 4.79 Å². The molecule has 3 heteroatoms. The summed E-state index contributed by atoms with van der Waals surface area (Å²) in [4.78, 5) is 10.8. The Kier molecular flexibility index (Phi) is 4.52. The summed E-state index contributed by atoms with van der Waals surface area (Å²) in [6.45, 7) is 5.83. The summed E-state index contributed by atoms with van der Waals surface area (Å²) >= 11 is 0. The van der Waals surface area contributed by atoms with Crippen molar-refractivity contribution in [1.82, 2.24) is 0 Å². The molecule has 76 valence electrons. The van der Waals surface area contributed by atoms with E-state index in [1.807, 2.05) is 20.8 Å². The zero-order valence-electron chi connectivity index (χ0n) is 8.50. The van der Waals surface area contributed by atoms with E-state index < -0.39 is 5.97 Å². The molecule has 13 heavy (non-hydrogen) atoms. The van der Waals surface area contributed by atoms with Gasteiger partial charge in [0, 0.05) is 5.41 Å². The molecule has 0 amide bonds. The first-order valence-electron chi connectivity index (χ1n) is 4.66. The van der Waals surface area contributed by atoms with Gasteiger partial charge in [-0.15, -0.1) is 0 Å². The summed E-state index contributed by atoms with van der Waals surface area (Å²) in [5.74, 6) is -1.02. The molecular weight excluding hydrogens is 168 g/mol. The fourth-order valence-electron chi connectivity index (χ4n) is 1.74. The minimum absolute atomic E-state index is 0.125. The number of rotatable bonds is 5. The molecule has 0 aliphatic carbocycles. The Morgan fingerprint density at radius 1 is 1.23 bits per heavy atom. The van der Waals surface area contributed by atoms with Crippen molar-refractivity contribution in [1.29, 1.82) is 0 Å². The van der Waals surface area contributed by atoms with Gasteiger partial charge in [0.25, 0.3) is 0 Å². The first kappa shape index (κ1) is 12.0. The van der Waals surface area contributed by atoms with Gasteiger partial charge < -0.3 is 10.2 Å². The maximum atomic E-state index is 10.8. The summed E-state index contributed by atoms with van der Waals surface area (Å²) in [6.07, 6.45) is 2.94. The van der Waals surface area contributed by atoms with Gasteiger partial charge in [0.05, 0.1) is 11.8 Å². The van der Waals surface area contributed by atoms with Gasteiger partial charge in [-0.3, -0.25) is 0 Å². The van der Waals surface area contributed by atoms with Crippen molar-refractivity contribution in [2.75, 3.05) is 0 Å². The normalized spacial score (nSPS) is 13.0. The van der Waals surface area contributed by atoms with E-state index in [4.69, 9.17) is 10.2 Å². The number of aliphatic hydroxyl groups is 1. The molecule has 0 aliphatic rings. The molecule has 0 aromatic carbocycles. The molecular formula is C10H18O3. The fraction of sp³-hybridized carbons (Fsp3) is 0.700. The molecule has 0 aliphatic heterocycles. The van der Waals surface area contributed by atoms with Gasteiger partial charge in [-0.1, -0.05) is 20.8 Å². The number of carboxylic acid groups (broad SMARTS) is 1. The van der Waals surface area contributed by atoms with Crippen molar-refractivity contribution in [3.8, 4) is 0 Å². The number of aliphatic carboxylic acids is 1. The van der Waals surface area contributed by atoms with E-state index >= 15 is 0 Å². The maximum Gasteiger partial charge on any atom is 0.335 e. The van der Waals surface area contributed by atoms with Gasteiger partial charge in [0.15, 0.2) is 0 Å². The van der Waals surface area contributed by atoms with Crippen LogP contribution in [-0.4, -0.2) is 16.2 Å². The number of carbonyl (C=O) groups is 1. The third-order valence-corrected chi connectivity index (χ3v) is 2.96. The molecule has 0 atom stereocenters. The van der Waals surface area contributed by atoms with Crippen LogP contribution in [0.25, 0.3) is 0 Å². The monoisotopic (exact) mass is 186 g/mol. The van der Waals surface area contributed by atoms with Crippen LogP contribution in [0.4, 0.5) is 0 Å². The fourth-order valence-corrected chi connectivity index (χ4v) is 1.74. The SMILES string of the molecule is CCC(CC)(CC)C(=CO)C(=O)O. The van der Waals surface area contributed by atoms with Crippen molar-refractivity contribution >= 4 is 5.97 Å². The lowest BCUT2D eigenvalue weighted by Crippen LogP contribution is -2.26. The lowest BCUT2D eigenvalue weighted by atomic mass is 9.74. The van der Waals surface area contributed by atoms with Crippen LogP contribution >= 0.6 is 0 Å². The summed E-state index contributed by atoms with van der Waals surface area (Å²) in [6, 6.07) is 0. The molecule has 0 radical (unpaired) electrons. The molecule has 0 spiro atoms. The van der Waals surface area contributed by atoms with Crippen LogP contribution in [0.1, 0.15) is 40.0 Å². The Labute approximate surface area is 79.1 Å². The van der Waals surface area contributed by atoms with Crippen molar-refractivity contribution in [3.63, 3.8) is 0 Å².